The summed E-state index contributed by atoms with van der Waals surface area (Å²) in [4.78, 5) is 27.2. The third-order valence-corrected chi connectivity index (χ3v) is 4.21. The monoisotopic (exact) mass is 382 g/mol. The topological polar surface area (TPSA) is 110 Å². The number of rotatable bonds is 4. The number of nitrogens with two attached hydrogens (primary N) is 1. The number of amides is 1. The van der Waals surface area contributed by atoms with Crippen LogP contribution in [0.2, 0.25) is 5.02 Å². The zero-order valence-electron chi connectivity index (χ0n) is 13.7. The Bertz CT molecular complexity index is 1160. The average Bonchev–Trinajstić information content (AvgIpc) is 3.06. The molecule has 9 heteroatoms. The van der Waals surface area contributed by atoms with Crippen LogP contribution in [0.3, 0.4) is 0 Å². The average molecular weight is 383 g/mol. The van der Waals surface area contributed by atoms with E-state index in [4.69, 9.17) is 17.3 Å². The van der Waals surface area contributed by atoms with Gasteiger partial charge in [-0.1, -0.05) is 17.7 Å². The van der Waals surface area contributed by atoms with Crippen molar-refractivity contribution in [3.05, 3.63) is 65.2 Å². The van der Waals surface area contributed by atoms with E-state index in [9.17, 15) is 9.18 Å². The Morgan fingerprint density at radius 2 is 2.00 bits per heavy atom. The van der Waals surface area contributed by atoms with Crippen molar-refractivity contribution in [2.75, 3.05) is 5.32 Å². The van der Waals surface area contributed by atoms with E-state index < -0.39 is 11.7 Å². The lowest BCUT2D eigenvalue weighted by atomic mass is 10.2. The summed E-state index contributed by atoms with van der Waals surface area (Å²) in [5.41, 5.74) is 6.87. The number of fused-ring (bicyclic) bond motifs is 1. The number of nitrogens with one attached hydrogen (secondary N) is 2. The molecule has 4 aromatic rings. The third kappa shape index (κ3) is 3.18. The quantitative estimate of drug-likeness (QED) is 0.499. The summed E-state index contributed by atoms with van der Waals surface area (Å²) in [5.74, 6) is -0.0120. The molecule has 0 aliphatic carbocycles. The van der Waals surface area contributed by atoms with Crippen molar-refractivity contribution in [2.45, 2.75) is 0 Å². The van der Waals surface area contributed by atoms with Gasteiger partial charge in [-0.05, 0) is 30.3 Å². The first-order valence-corrected chi connectivity index (χ1v) is 8.22. The molecule has 3 heterocycles. The first kappa shape index (κ1) is 16.9. The molecule has 0 spiro atoms. The van der Waals surface area contributed by atoms with Gasteiger partial charge in [0.25, 0.3) is 0 Å². The number of aromatic amines is 1. The number of nitrogens with zero attached hydrogens (tertiary/aromatic N) is 3. The van der Waals surface area contributed by atoms with Crippen LogP contribution in [0.15, 0.2) is 48.8 Å². The van der Waals surface area contributed by atoms with Crippen LogP contribution in [0.25, 0.3) is 22.4 Å². The van der Waals surface area contributed by atoms with E-state index in [2.05, 4.69) is 25.3 Å². The summed E-state index contributed by atoms with van der Waals surface area (Å²) >= 11 is 6.12. The van der Waals surface area contributed by atoms with Gasteiger partial charge in [-0.3, -0.25) is 4.79 Å². The van der Waals surface area contributed by atoms with Crippen LogP contribution in [-0.4, -0.2) is 25.8 Å². The molecule has 0 aliphatic rings. The van der Waals surface area contributed by atoms with E-state index in [-0.39, 0.29) is 16.4 Å². The number of hydrogen-bond donors (Lipinski definition) is 3. The number of imidazole rings is 1. The van der Waals surface area contributed by atoms with Crippen LogP contribution in [0.5, 0.6) is 0 Å². The molecule has 7 nitrogen and oxygen atoms in total. The van der Waals surface area contributed by atoms with Gasteiger partial charge in [-0.15, -0.1) is 0 Å². The van der Waals surface area contributed by atoms with Crippen LogP contribution in [-0.2, 0) is 0 Å². The first-order chi connectivity index (χ1) is 13.0. The van der Waals surface area contributed by atoms with Crippen molar-refractivity contribution in [1.29, 1.82) is 0 Å². The van der Waals surface area contributed by atoms with Crippen LogP contribution >= 0.6 is 11.6 Å². The number of hydrogen-bond acceptors (Lipinski definition) is 5. The molecule has 1 amide bonds. The predicted molar refractivity (Wildman–Crippen MR) is 100 cm³/mol. The van der Waals surface area contributed by atoms with Crippen LogP contribution in [0.1, 0.15) is 10.4 Å². The fraction of sp³-hybridized carbons (Fsp3) is 0. The largest absolute Gasteiger partial charge is 0.366 e. The van der Waals surface area contributed by atoms with E-state index in [0.29, 0.717) is 28.2 Å². The standard InChI is InChI=1S/C18H12ClFN6O/c19-10-2-1-3-11(20)14(10)17-24-12-5-7-23-18(15(12)26-17)25-13-8-9(16(21)27)4-6-22-13/h1-8H,(H2,21,27)(H,24,26)(H,22,23,25). The molecule has 0 aliphatic heterocycles. The highest BCUT2D eigenvalue weighted by Gasteiger charge is 2.16. The minimum absolute atomic E-state index is 0.176. The van der Waals surface area contributed by atoms with Crippen molar-refractivity contribution >= 4 is 40.2 Å². The number of primary amides is 1. The lowest BCUT2D eigenvalue weighted by Gasteiger charge is -2.05. The van der Waals surface area contributed by atoms with E-state index in [1.807, 2.05) is 0 Å². The Hall–Kier alpha value is -3.52. The van der Waals surface area contributed by atoms with Gasteiger partial charge in [-0.2, -0.15) is 0 Å². The first-order valence-electron chi connectivity index (χ1n) is 7.85. The Balaban J connectivity index is 1.78. The van der Waals surface area contributed by atoms with E-state index in [0.717, 1.165) is 0 Å². The molecular formula is C18H12ClFN6O. The molecule has 1 aromatic carbocycles. The maximum absolute atomic E-state index is 14.2. The van der Waals surface area contributed by atoms with Crippen molar-refractivity contribution in [3.63, 3.8) is 0 Å². The molecule has 0 saturated heterocycles. The molecule has 0 unspecified atom stereocenters. The highest BCUT2D eigenvalue weighted by Crippen LogP contribution is 2.31. The summed E-state index contributed by atoms with van der Waals surface area (Å²) in [6, 6.07) is 9.14. The van der Waals surface area contributed by atoms with Gasteiger partial charge in [0, 0.05) is 18.0 Å². The normalized spacial score (nSPS) is 10.9. The zero-order valence-corrected chi connectivity index (χ0v) is 14.5. The Labute approximate surface area is 157 Å². The molecular weight excluding hydrogens is 371 g/mol. The van der Waals surface area contributed by atoms with E-state index in [1.165, 1.54) is 30.5 Å². The second-order valence-corrected chi connectivity index (χ2v) is 6.06. The van der Waals surface area contributed by atoms with Crippen molar-refractivity contribution in [2.24, 2.45) is 5.73 Å². The molecule has 0 radical (unpaired) electrons. The van der Waals surface area contributed by atoms with Gasteiger partial charge in [0.1, 0.15) is 23.0 Å². The van der Waals surface area contributed by atoms with Gasteiger partial charge in [0.05, 0.1) is 16.1 Å². The smallest absolute Gasteiger partial charge is 0.248 e. The maximum atomic E-state index is 14.2. The van der Waals surface area contributed by atoms with E-state index >= 15 is 0 Å². The van der Waals surface area contributed by atoms with Gasteiger partial charge >= 0.3 is 0 Å². The fourth-order valence-corrected chi connectivity index (χ4v) is 2.90. The molecule has 0 atom stereocenters. The molecule has 4 rings (SSSR count). The summed E-state index contributed by atoms with van der Waals surface area (Å²) in [7, 11) is 0. The summed E-state index contributed by atoms with van der Waals surface area (Å²) in [6.45, 7) is 0. The van der Waals surface area contributed by atoms with Gasteiger partial charge in [0.15, 0.2) is 5.82 Å². The summed E-state index contributed by atoms with van der Waals surface area (Å²) < 4.78 is 14.2. The number of pyridine rings is 2. The molecule has 3 aromatic heterocycles. The Morgan fingerprint density at radius 3 is 2.78 bits per heavy atom. The maximum Gasteiger partial charge on any atom is 0.248 e. The van der Waals surface area contributed by atoms with Crippen LogP contribution in [0.4, 0.5) is 16.0 Å². The number of anilines is 2. The lowest BCUT2D eigenvalue weighted by molar-refractivity contribution is 0.1000. The van der Waals surface area contributed by atoms with Crippen molar-refractivity contribution in [1.82, 2.24) is 19.9 Å². The van der Waals surface area contributed by atoms with Crippen molar-refractivity contribution in [3.8, 4) is 11.4 Å². The molecule has 0 fully saturated rings. The SMILES string of the molecule is NC(=O)c1ccnc(Nc2nccc3[nH]c(-c4c(F)cccc4Cl)nc23)c1. The molecule has 0 saturated carbocycles. The third-order valence-electron chi connectivity index (χ3n) is 3.89. The summed E-state index contributed by atoms with van der Waals surface area (Å²) in [5, 5.41) is 3.24. The number of halogens is 2. The number of benzene rings is 1. The Kier molecular flexibility index (Phi) is 4.17. The Morgan fingerprint density at radius 1 is 1.19 bits per heavy atom. The predicted octanol–water partition coefficient (Wildman–Crippen LogP) is 3.65. The fourth-order valence-electron chi connectivity index (χ4n) is 2.64. The molecule has 0 bridgehead atoms. The van der Waals surface area contributed by atoms with Gasteiger partial charge in [0.2, 0.25) is 5.91 Å². The molecule has 4 N–H and O–H groups in total. The minimum atomic E-state index is -0.567. The number of aromatic nitrogens is 4. The lowest BCUT2D eigenvalue weighted by Crippen LogP contribution is -2.11. The number of H-pyrrole nitrogens is 1. The van der Waals surface area contributed by atoms with Crippen LogP contribution in [0, 0.1) is 5.82 Å². The van der Waals surface area contributed by atoms with Gasteiger partial charge < -0.3 is 16.0 Å². The van der Waals surface area contributed by atoms with Gasteiger partial charge in [-0.25, -0.2) is 19.3 Å². The highest BCUT2D eigenvalue weighted by atomic mass is 35.5. The zero-order chi connectivity index (χ0) is 19.0. The highest BCUT2D eigenvalue weighted by molar-refractivity contribution is 6.33. The van der Waals surface area contributed by atoms with Crippen LogP contribution < -0.4 is 11.1 Å². The van der Waals surface area contributed by atoms with Crippen molar-refractivity contribution < 1.29 is 9.18 Å². The number of carbonyl (C=O) groups is 1. The summed E-state index contributed by atoms with van der Waals surface area (Å²) in [6.07, 6.45) is 3.02. The minimum Gasteiger partial charge on any atom is -0.366 e. The molecule has 27 heavy (non-hydrogen) atoms. The number of carbonyl (C=O) groups excluding carboxylic acids is 1. The molecule has 134 valence electrons. The second-order valence-electron chi connectivity index (χ2n) is 5.66. The van der Waals surface area contributed by atoms with E-state index in [1.54, 1.807) is 18.3 Å². The second kappa shape index (κ2) is 6.65.